The van der Waals surface area contributed by atoms with E-state index >= 15 is 0 Å². The van der Waals surface area contributed by atoms with Crippen molar-refractivity contribution in [2.45, 2.75) is 32.1 Å². The number of thioether (sulfide) groups is 1. The standard InChI is InChI=1S/C15H20O2S/c1-2-9-18-11-13(16)10-12-7-8-17-15-6-4-3-5-14(12)15/h3-6,12H,2,7-11H2,1H3. The van der Waals surface area contributed by atoms with Crippen LogP contribution in [0.15, 0.2) is 24.3 Å². The number of hydrogen-bond donors (Lipinski definition) is 0. The summed E-state index contributed by atoms with van der Waals surface area (Å²) in [5, 5.41) is 0. The van der Waals surface area contributed by atoms with Gasteiger partial charge in [-0.15, -0.1) is 0 Å². The number of para-hydroxylation sites is 1. The van der Waals surface area contributed by atoms with Crippen molar-refractivity contribution >= 4 is 17.5 Å². The van der Waals surface area contributed by atoms with Gasteiger partial charge >= 0.3 is 0 Å². The number of Topliss-reactive ketones (excluding diaryl/α,β-unsaturated/α-hetero) is 1. The van der Waals surface area contributed by atoms with Crippen molar-refractivity contribution in [3.8, 4) is 5.75 Å². The molecule has 18 heavy (non-hydrogen) atoms. The Labute approximate surface area is 113 Å². The molecule has 1 aromatic carbocycles. The smallest absolute Gasteiger partial charge is 0.143 e. The number of ether oxygens (including phenoxy) is 1. The van der Waals surface area contributed by atoms with Crippen LogP contribution in [0.1, 0.15) is 37.7 Å². The molecule has 1 atom stereocenters. The summed E-state index contributed by atoms with van der Waals surface area (Å²) in [6, 6.07) is 8.10. The second kappa shape index (κ2) is 6.83. The summed E-state index contributed by atoms with van der Waals surface area (Å²) < 4.78 is 5.62. The van der Waals surface area contributed by atoms with Gasteiger partial charge in [-0.25, -0.2) is 0 Å². The minimum absolute atomic E-state index is 0.352. The number of hydrogen-bond acceptors (Lipinski definition) is 3. The Hall–Kier alpha value is -0.960. The number of carbonyl (C=O) groups excluding carboxylic acids is 1. The summed E-state index contributed by atoms with van der Waals surface area (Å²) >= 11 is 1.75. The van der Waals surface area contributed by atoms with Crippen LogP contribution < -0.4 is 4.74 Å². The van der Waals surface area contributed by atoms with Crippen molar-refractivity contribution in [1.29, 1.82) is 0 Å². The number of carbonyl (C=O) groups is 1. The van der Waals surface area contributed by atoms with Gasteiger partial charge in [0.2, 0.25) is 0 Å². The third-order valence-electron chi connectivity index (χ3n) is 3.17. The van der Waals surface area contributed by atoms with Crippen LogP contribution >= 0.6 is 11.8 Å². The monoisotopic (exact) mass is 264 g/mol. The van der Waals surface area contributed by atoms with Gasteiger partial charge in [-0.2, -0.15) is 11.8 Å². The maximum Gasteiger partial charge on any atom is 0.143 e. The Morgan fingerprint density at radius 2 is 2.28 bits per heavy atom. The molecule has 0 fully saturated rings. The molecule has 1 aromatic rings. The van der Waals surface area contributed by atoms with Crippen LogP contribution in [0.5, 0.6) is 5.75 Å². The van der Waals surface area contributed by atoms with Crippen molar-refractivity contribution in [1.82, 2.24) is 0 Å². The summed E-state index contributed by atoms with van der Waals surface area (Å²) in [5.41, 5.74) is 1.21. The van der Waals surface area contributed by atoms with Crippen LogP contribution in [-0.4, -0.2) is 23.9 Å². The highest BCUT2D eigenvalue weighted by atomic mass is 32.2. The highest BCUT2D eigenvalue weighted by Gasteiger charge is 2.23. The zero-order valence-corrected chi connectivity index (χ0v) is 11.7. The lowest BCUT2D eigenvalue weighted by Crippen LogP contribution is -2.17. The predicted molar refractivity (Wildman–Crippen MR) is 76.5 cm³/mol. The van der Waals surface area contributed by atoms with Crippen molar-refractivity contribution < 1.29 is 9.53 Å². The normalized spacial score (nSPS) is 17.9. The molecule has 2 nitrogen and oxygen atoms in total. The van der Waals surface area contributed by atoms with Crippen LogP contribution in [-0.2, 0) is 4.79 Å². The van der Waals surface area contributed by atoms with E-state index in [1.807, 2.05) is 18.2 Å². The Kier molecular flexibility index (Phi) is 5.12. The topological polar surface area (TPSA) is 26.3 Å². The van der Waals surface area contributed by atoms with E-state index in [2.05, 4.69) is 13.0 Å². The minimum Gasteiger partial charge on any atom is -0.493 e. The zero-order valence-electron chi connectivity index (χ0n) is 10.9. The molecule has 0 aromatic heterocycles. The fourth-order valence-electron chi connectivity index (χ4n) is 2.29. The molecule has 3 heteroatoms. The Bertz CT molecular complexity index is 403. The average molecular weight is 264 g/mol. The van der Waals surface area contributed by atoms with Gasteiger partial charge in [-0.05, 0) is 36.1 Å². The molecule has 98 valence electrons. The van der Waals surface area contributed by atoms with Crippen LogP contribution in [0.25, 0.3) is 0 Å². The first-order valence-electron chi connectivity index (χ1n) is 6.62. The Morgan fingerprint density at radius 1 is 1.44 bits per heavy atom. The molecule has 1 unspecified atom stereocenters. The third kappa shape index (κ3) is 3.52. The van der Waals surface area contributed by atoms with Crippen LogP contribution in [0.4, 0.5) is 0 Å². The van der Waals surface area contributed by atoms with Crippen molar-refractivity contribution in [3.63, 3.8) is 0 Å². The predicted octanol–water partition coefficient (Wildman–Crippen LogP) is 3.66. The lowest BCUT2D eigenvalue weighted by Gasteiger charge is -2.25. The SMILES string of the molecule is CCCSCC(=O)CC1CCOc2ccccc21. The second-order valence-corrected chi connectivity index (χ2v) is 5.77. The van der Waals surface area contributed by atoms with Gasteiger partial charge in [0, 0.05) is 6.42 Å². The van der Waals surface area contributed by atoms with E-state index in [1.54, 1.807) is 11.8 Å². The van der Waals surface area contributed by atoms with Crippen molar-refractivity contribution in [2.24, 2.45) is 0 Å². The quantitative estimate of drug-likeness (QED) is 0.734. The molecule has 0 spiro atoms. The first kappa shape index (κ1) is 13.5. The highest BCUT2D eigenvalue weighted by molar-refractivity contribution is 7.99. The Balaban J connectivity index is 1.92. The maximum atomic E-state index is 11.9. The molecule has 0 N–H and O–H groups in total. The minimum atomic E-state index is 0.352. The van der Waals surface area contributed by atoms with E-state index in [-0.39, 0.29) is 0 Å². The van der Waals surface area contributed by atoms with Crippen molar-refractivity contribution in [3.05, 3.63) is 29.8 Å². The van der Waals surface area contributed by atoms with Gasteiger partial charge in [0.05, 0.1) is 12.4 Å². The third-order valence-corrected chi connectivity index (χ3v) is 4.39. The largest absolute Gasteiger partial charge is 0.493 e. The lowest BCUT2D eigenvalue weighted by atomic mass is 9.89. The van der Waals surface area contributed by atoms with E-state index < -0.39 is 0 Å². The van der Waals surface area contributed by atoms with Crippen LogP contribution in [0, 0.1) is 0 Å². The fourth-order valence-corrected chi connectivity index (χ4v) is 3.07. The van der Waals surface area contributed by atoms with Gasteiger partial charge in [-0.1, -0.05) is 25.1 Å². The molecule has 0 aliphatic carbocycles. The molecule has 1 heterocycles. The van der Waals surface area contributed by atoms with E-state index in [4.69, 9.17) is 4.74 Å². The number of ketones is 1. The van der Waals surface area contributed by atoms with Gasteiger partial charge in [0.25, 0.3) is 0 Å². The molecule has 1 aliphatic rings. The van der Waals surface area contributed by atoms with E-state index in [9.17, 15) is 4.79 Å². The Morgan fingerprint density at radius 3 is 3.11 bits per heavy atom. The van der Waals surface area contributed by atoms with Crippen LogP contribution in [0.3, 0.4) is 0 Å². The average Bonchev–Trinajstić information content (AvgIpc) is 2.39. The lowest BCUT2D eigenvalue weighted by molar-refractivity contribution is -0.117. The zero-order chi connectivity index (χ0) is 12.8. The molecule has 0 radical (unpaired) electrons. The molecule has 2 rings (SSSR count). The first-order chi connectivity index (χ1) is 8.81. The van der Waals surface area contributed by atoms with E-state index in [1.165, 1.54) is 5.56 Å². The molecule has 0 saturated heterocycles. The summed E-state index contributed by atoms with van der Waals surface area (Å²) in [6.45, 7) is 2.88. The molecule has 0 bridgehead atoms. The van der Waals surface area contributed by atoms with E-state index in [0.717, 1.165) is 31.0 Å². The molecular formula is C15H20O2S. The number of fused-ring (bicyclic) bond motifs is 1. The summed E-state index contributed by atoms with van der Waals surface area (Å²) in [5.74, 6) is 3.42. The molecule has 0 amide bonds. The summed E-state index contributed by atoms with van der Waals surface area (Å²) in [7, 11) is 0. The van der Waals surface area contributed by atoms with Gasteiger partial charge in [0.1, 0.15) is 11.5 Å². The van der Waals surface area contributed by atoms with Gasteiger partial charge in [0.15, 0.2) is 0 Å². The fraction of sp³-hybridized carbons (Fsp3) is 0.533. The number of benzene rings is 1. The van der Waals surface area contributed by atoms with Crippen molar-refractivity contribution in [2.75, 3.05) is 18.1 Å². The number of rotatable bonds is 6. The maximum absolute atomic E-state index is 11.9. The molecule has 0 saturated carbocycles. The van der Waals surface area contributed by atoms with Gasteiger partial charge in [-0.3, -0.25) is 4.79 Å². The summed E-state index contributed by atoms with van der Waals surface area (Å²) in [6.07, 6.45) is 2.76. The van der Waals surface area contributed by atoms with E-state index in [0.29, 0.717) is 23.9 Å². The van der Waals surface area contributed by atoms with Crippen LogP contribution in [0.2, 0.25) is 0 Å². The summed E-state index contributed by atoms with van der Waals surface area (Å²) in [4.78, 5) is 11.9. The first-order valence-corrected chi connectivity index (χ1v) is 7.78. The molecular weight excluding hydrogens is 244 g/mol. The second-order valence-electron chi connectivity index (χ2n) is 4.67. The molecule has 1 aliphatic heterocycles. The highest BCUT2D eigenvalue weighted by Crippen LogP contribution is 2.35. The van der Waals surface area contributed by atoms with Gasteiger partial charge < -0.3 is 4.74 Å².